The Morgan fingerprint density at radius 3 is 2.72 bits per heavy atom. The first-order chi connectivity index (χ1) is 8.81. The molecule has 0 spiro atoms. The van der Waals surface area contributed by atoms with Gasteiger partial charge >= 0.3 is 0 Å². The van der Waals surface area contributed by atoms with Crippen LogP contribution in [0.5, 0.6) is 0 Å². The molecule has 2 rings (SSSR count). The summed E-state index contributed by atoms with van der Waals surface area (Å²) in [6, 6.07) is 10.0. The van der Waals surface area contributed by atoms with E-state index in [0.717, 1.165) is 25.2 Å². The van der Waals surface area contributed by atoms with E-state index < -0.39 is 0 Å². The summed E-state index contributed by atoms with van der Waals surface area (Å²) in [7, 11) is 0. The Hall–Kier alpha value is -1.35. The molecule has 1 aliphatic rings. The van der Waals surface area contributed by atoms with E-state index in [2.05, 4.69) is 5.32 Å². The Bertz CT molecular complexity index is 371. The summed E-state index contributed by atoms with van der Waals surface area (Å²) in [4.78, 5) is 14.3. The van der Waals surface area contributed by atoms with Gasteiger partial charge in [-0.1, -0.05) is 24.6 Å². The zero-order valence-corrected chi connectivity index (χ0v) is 11.1. The number of hydrogen-bond acceptors (Lipinski definition) is 2. The van der Waals surface area contributed by atoms with Crippen LogP contribution in [0.4, 0.5) is 0 Å². The molecule has 1 fully saturated rings. The van der Waals surface area contributed by atoms with Crippen LogP contribution in [0.25, 0.3) is 0 Å². The molecule has 1 aromatic rings. The van der Waals surface area contributed by atoms with E-state index in [0.29, 0.717) is 6.04 Å². The Kier molecular flexibility index (Phi) is 4.76. The minimum atomic E-state index is 0.144. The fraction of sp³-hybridized carbons (Fsp3) is 0.533. The summed E-state index contributed by atoms with van der Waals surface area (Å²) in [5, 5.41) is 3.50. The van der Waals surface area contributed by atoms with Crippen LogP contribution in [0.2, 0.25) is 0 Å². The molecule has 3 heteroatoms. The van der Waals surface area contributed by atoms with Gasteiger partial charge in [0.25, 0.3) is 5.91 Å². The highest BCUT2D eigenvalue weighted by atomic mass is 16.2. The van der Waals surface area contributed by atoms with Crippen LogP contribution in [-0.4, -0.2) is 36.5 Å². The molecule has 0 bridgehead atoms. The molecule has 1 unspecified atom stereocenters. The number of piperidine rings is 1. The van der Waals surface area contributed by atoms with Gasteiger partial charge in [0.05, 0.1) is 0 Å². The summed E-state index contributed by atoms with van der Waals surface area (Å²) in [5.41, 5.74) is 0.787. The van der Waals surface area contributed by atoms with Crippen molar-refractivity contribution < 1.29 is 4.79 Å². The van der Waals surface area contributed by atoms with Crippen molar-refractivity contribution in [2.24, 2.45) is 0 Å². The molecule has 1 saturated heterocycles. The van der Waals surface area contributed by atoms with Gasteiger partial charge in [-0.25, -0.2) is 0 Å². The molecule has 1 N–H and O–H groups in total. The summed E-state index contributed by atoms with van der Waals surface area (Å²) >= 11 is 0. The van der Waals surface area contributed by atoms with E-state index >= 15 is 0 Å². The first-order valence-electron chi connectivity index (χ1n) is 6.89. The highest BCUT2D eigenvalue weighted by molar-refractivity contribution is 5.94. The number of nitrogens with zero attached hydrogens (tertiary/aromatic N) is 1. The summed E-state index contributed by atoms with van der Waals surface area (Å²) < 4.78 is 0. The van der Waals surface area contributed by atoms with E-state index in [1.165, 1.54) is 19.3 Å². The molecule has 1 heterocycles. The van der Waals surface area contributed by atoms with Crippen LogP contribution in [0, 0.1) is 0 Å². The van der Waals surface area contributed by atoms with E-state index in [-0.39, 0.29) is 5.91 Å². The van der Waals surface area contributed by atoms with Crippen LogP contribution in [0.15, 0.2) is 30.3 Å². The molecule has 1 amide bonds. The van der Waals surface area contributed by atoms with Gasteiger partial charge in [-0.15, -0.1) is 0 Å². The SMILES string of the molecule is CCN(CC1CCCCN1)C(=O)c1ccccc1. The molecule has 0 radical (unpaired) electrons. The molecule has 98 valence electrons. The normalized spacial score (nSPS) is 19.5. The first-order valence-corrected chi connectivity index (χ1v) is 6.89. The minimum Gasteiger partial charge on any atom is -0.337 e. The van der Waals surface area contributed by atoms with Crippen LogP contribution in [-0.2, 0) is 0 Å². The predicted molar refractivity (Wildman–Crippen MR) is 73.7 cm³/mol. The molecule has 0 aliphatic carbocycles. The van der Waals surface area contributed by atoms with E-state index in [4.69, 9.17) is 0 Å². The zero-order chi connectivity index (χ0) is 12.8. The summed E-state index contributed by atoms with van der Waals surface area (Å²) in [6.45, 7) is 4.72. The van der Waals surface area contributed by atoms with Crippen molar-refractivity contribution >= 4 is 5.91 Å². The van der Waals surface area contributed by atoms with Crippen molar-refractivity contribution in [2.75, 3.05) is 19.6 Å². The maximum atomic E-state index is 12.3. The number of likely N-dealkylation sites (N-methyl/N-ethyl adjacent to an activating group) is 1. The number of carbonyl (C=O) groups excluding carboxylic acids is 1. The third-order valence-corrected chi connectivity index (χ3v) is 3.54. The topological polar surface area (TPSA) is 32.3 Å². The van der Waals surface area contributed by atoms with Gasteiger partial charge in [-0.2, -0.15) is 0 Å². The largest absolute Gasteiger partial charge is 0.337 e. The van der Waals surface area contributed by atoms with Crippen LogP contribution in [0.1, 0.15) is 36.5 Å². The molecule has 1 aromatic carbocycles. The van der Waals surface area contributed by atoms with E-state index in [1.807, 2.05) is 42.2 Å². The average Bonchev–Trinajstić information content (AvgIpc) is 2.46. The minimum absolute atomic E-state index is 0.144. The first kappa shape index (κ1) is 13.1. The maximum Gasteiger partial charge on any atom is 0.253 e. The molecule has 3 nitrogen and oxygen atoms in total. The van der Waals surface area contributed by atoms with Crippen molar-refractivity contribution in [3.8, 4) is 0 Å². The number of nitrogens with one attached hydrogen (secondary N) is 1. The fourth-order valence-electron chi connectivity index (χ4n) is 2.46. The van der Waals surface area contributed by atoms with Gasteiger partial charge in [-0.3, -0.25) is 4.79 Å². The number of hydrogen-bond donors (Lipinski definition) is 1. The van der Waals surface area contributed by atoms with Gasteiger partial charge in [0.15, 0.2) is 0 Å². The molecule has 1 atom stereocenters. The van der Waals surface area contributed by atoms with E-state index in [9.17, 15) is 4.79 Å². The maximum absolute atomic E-state index is 12.3. The van der Waals surface area contributed by atoms with Gasteiger partial charge in [0.1, 0.15) is 0 Å². The lowest BCUT2D eigenvalue weighted by Crippen LogP contribution is -2.45. The number of amides is 1. The number of rotatable bonds is 4. The lowest BCUT2D eigenvalue weighted by molar-refractivity contribution is 0.0741. The van der Waals surface area contributed by atoms with Crippen molar-refractivity contribution in [2.45, 2.75) is 32.2 Å². The van der Waals surface area contributed by atoms with Crippen molar-refractivity contribution in [1.29, 1.82) is 0 Å². The van der Waals surface area contributed by atoms with Crippen LogP contribution >= 0.6 is 0 Å². The van der Waals surface area contributed by atoms with Crippen LogP contribution < -0.4 is 5.32 Å². The highest BCUT2D eigenvalue weighted by Crippen LogP contribution is 2.11. The molecule has 0 aromatic heterocycles. The van der Waals surface area contributed by atoms with Crippen molar-refractivity contribution in [3.63, 3.8) is 0 Å². The average molecular weight is 246 g/mol. The lowest BCUT2D eigenvalue weighted by atomic mass is 10.0. The van der Waals surface area contributed by atoms with Crippen molar-refractivity contribution in [1.82, 2.24) is 10.2 Å². The monoisotopic (exact) mass is 246 g/mol. The van der Waals surface area contributed by atoms with Gasteiger partial charge in [0, 0.05) is 24.7 Å². The predicted octanol–water partition coefficient (Wildman–Crippen LogP) is 2.29. The smallest absolute Gasteiger partial charge is 0.253 e. The number of carbonyl (C=O) groups is 1. The fourth-order valence-corrected chi connectivity index (χ4v) is 2.46. The third kappa shape index (κ3) is 3.33. The number of benzene rings is 1. The molecule has 1 aliphatic heterocycles. The van der Waals surface area contributed by atoms with Gasteiger partial charge in [0.2, 0.25) is 0 Å². The lowest BCUT2D eigenvalue weighted by Gasteiger charge is -2.30. The highest BCUT2D eigenvalue weighted by Gasteiger charge is 2.20. The van der Waals surface area contributed by atoms with Gasteiger partial charge < -0.3 is 10.2 Å². The molecule has 18 heavy (non-hydrogen) atoms. The third-order valence-electron chi connectivity index (χ3n) is 3.54. The van der Waals surface area contributed by atoms with Crippen molar-refractivity contribution in [3.05, 3.63) is 35.9 Å². The van der Waals surface area contributed by atoms with Gasteiger partial charge in [-0.05, 0) is 38.4 Å². The second-order valence-corrected chi connectivity index (χ2v) is 4.86. The standard InChI is InChI=1S/C15H22N2O/c1-2-17(12-14-10-6-7-11-16-14)15(18)13-8-4-3-5-9-13/h3-5,8-9,14,16H,2,6-7,10-12H2,1H3. The Morgan fingerprint density at radius 2 is 2.11 bits per heavy atom. The summed E-state index contributed by atoms with van der Waals surface area (Å²) in [6.07, 6.45) is 3.71. The Morgan fingerprint density at radius 1 is 1.33 bits per heavy atom. The zero-order valence-electron chi connectivity index (χ0n) is 11.1. The van der Waals surface area contributed by atoms with E-state index in [1.54, 1.807) is 0 Å². The molecule has 0 saturated carbocycles. The Balaban J connectivity index is 1.97. The quantitative estimate of drug-likeness (QED) is 0.884. The van der Waals surface area contributed by atoms with Crippen LogP contribution in [0.3, 0.4) is 0 Å². The Labute approximate surface area is 109 Å². The second-order valence-electron chi connectivity index (χ2n) is 4.86. The molecular weight excluding hydrogens is 224 g/mol. The second kappa shape index (κ2) is 6.55. The molecular formula is C15H22N2O. The summed E-state index contributed by atoms with van der Waals surface area (Å²) in [5.74, 6) is 0.144.